The third kappa shape index (κ3) is 2.77. The lowest BCUT2D eigenvalue weighted by atomic mass is 9.48. The van der Waals surface area contributed by atoms with Gasteiger partial charge in [-0.25, -0.2) is 0 Å². The van der Waals surface area contributed by atoms with Crippen LogP contribution < -0.4 is 5.32 Å². The van der Waals surface area contributed by atoms with Crippen molar-refractivity contribution in [1.29, 1.82) is 0 Å². The minimum Gasteiger partial charge on any atom is -0.326 e. The number of non-ortho nitro benzene ring substituents is 1. The van der Waals surface area contributed by atoms with Gasteiger partial charge in [-0.05, 0) is 54.7 Å². The van der Waals surface area contributed by atoms with E-state index in [1.54, 1.807) is 13.0 Å². The van der Waals surface area contributed by atoms with E-state index in [-0.39, 0.29) is 17.5 Å². The first-order valence-corrected chi connectivity index (χ1v) is 9.17. The molecule has 2 saturated carbocycles. The van der Waals surface area contributed by atoms with Crippen molar-refractivity contribution in [3.8, 4) is 0 Å². The summed E-state index contributed by atoms with van der Waals surface area (Å²) in [5, 5.41) is 13.9. The maximum absolute atomic E-state index is 12.9. The van der Waals surface area contributed by atoms with Gasteiger partial charge in [-0.3, -0.25) is 14.9 Å². The van der Waals surface area contributed by atoms with Crippen molar-refractivity contribution in [2.45, 2.75) is 32.1 Å². The molecule has 5 nitrogen and oxygen atoms in total. The van der Waals surface area contributed by atoms with Crippen molar-refractivity contribution in [3.63, 3.8) is 0 Å². The van der Waals surface area contributed by atoms with Gasteiger partial charge in [-0.1, -0.05) is 36.8 Å². The first kappa shape index (κ1) is 16.8. The number of aryl methyl sites for hydroxylation is 1. The molecule has 4 rings (SSSR count). The number of anilines is 1. The number of carbonyl (C=O) groups is 1. The zero-order chi connectivity index (χ0) is 18.3. The molecule has 26 heavy (non-hydrogen) atoms. The molecule has 5 heteroatoms. The van der Waals surface area contributed by atoms with E-state index in [1.165, 1.54) is 24.1 Å². The summed E-state index contributed by atoms with van der Waals surface area (Å²) in [6.07, 6.45) is 3.37. The average molecular weight is 350 g/mol. The van der Waals surface area contributed by atoms with Crippen LogP contribution in [0.2, 0.25) is 0 Å². The highest BCUT2D eigenvalue weighted by Crippen LogP contribution is 2.60. The molecule has 0 unspecified atom stereocenters. The molecule has 0 spiro atoms. The second kappa shape index (κ2) is 6.56. The van der Waals surface area contributed by atoms with Crippen LogP contribution in [0.5, 0.6) is 0 Å². The molecule has 0 radical (unpaired) electrons. The largest absolute Gasteiger partial charge is 0.326 e. The van der Waals surface area contributed by atoms with E-state index < -0.39 is 4.92 Å². The summed E-state index contributed by atoms with van der Waals surface area (Å²) < 4.78 is 0. The number of amides is 1. The second-order valence-electron chi connectivity index (χ2n) is 7.47. The normalized spacial score (nSPS) is 26.7. The Balaban J connectivity index is 1.50. The molecule has 2 aromatic carbocycles. The van der Waals surface area contributed by atoms with Gasteiger partial charge in [0, 0.05) is 23.7 Å². The molecule has 2 bridgehead atoms. The number of hydrogen-bond acceptors (Lipinski definition) is 3. The maximum atomic E-state index is 12.9. The standard InChI is InChI=1S/C21H22N2O3/c1-13-12-15(23(25)26)10-11-18(13)22-21(24)20-16-8-5-9-17(20)19(16)14-6-3-2-4-7-14/h2-4,6-7,10-12,16-17,19-20H,5,8-9H2,1H3,(H,22,24)/t16-,17-,19?,20?/m1/s1. The van der Waals surface area contributed by atoms with Crippen LogP contribution >= 0.6 is 0 Å². The SMILES string of the molecule is Cc1cc([N+](=O)[O-])ccc1NC(=O)C1[C@@H]2CCC[C@@H]1C2c1ccccc1. The van der Waals surface area contributed by atoms with Crippen molar-refractivity contribution >= 4 is 17.3 Å². The van der Waals surface area contributed by atoms with Crippen LogP contribution in [-0.2, 0) is 4.79 Å². The summed E-state index contributed by atoms with van der Waals surface area (Å²) in [6.45, 7) is 1.79. The van der Waals surface area contributed by atoms with Crippen LogP contribution in [0.1, 0.15) is 36.3 Å². The highest BCUT2D eigenvalue weighted by atomic mass is 16.6. The molecule has 2 aliphatic carbocycles. The second-order valence-corrected chi connectivity index (χ2v) is 7.47. The van der Waals surface area contributed by atoms with E-state index >= 15 is 0 Å². The van der Waals surface area contributed by atoms with Gasteiger partial charge in [0.1, 0.15) is 0 Å². The summed E-state index contributed by atoms with van der Waals surface area (Å²) in [4.78, 5) is 23.4. The predicted octanol–water partition coefficient (Wildman–Crippen LogP) is 4.67. The number of fused-ring (bicyclic) bond motifs is 2. The number of nitrogens with one attached hydrogen (secondary N) is 1. The van der Waals surface area contributed by atoms with Crippen LogP contribution in [0, 0.1) is 34.8 Å². The lowest BCUT2D eigenvalue weighted by Gasteiger charge is -2.55. The molecule has 0 aliphatic heterocycles. The number of benzene rings is 2. The van der Waals surface area contributed by atoms with Crippen LogP contribution in [-0.4, -0.2) is 10.8 Å². The zero-order valence-corrected chi connectivity index (χ0v) is 14.7. The fourth-order valence-corrected chi connectivity index (χ4v) is 4.92. The molecule has 1 amide bonds. The third-order valence-electron chi connectivity index (χ3n) is 6.09. The van der Waals surface area contributed by atoms with E-state index in [9.17, 15) is 14.9 Å². The summed E-state index contributed by atoms with van der Waals surface area (Å²) in [5.74, 6) is 1.38. The van der Waals surface area contributed by atoms with Gasteiger partial charge in [-0.15, -0.1) is 0 Å². The molecule has 2 fully saturated rings. The van der Waals surface area contributed by atoms with E-state index in [0.717, 1.165) is 18.4 Å². The smallest absolute Gasteiger partial charge is 0.269 e. The number of nitro benzene ring substituents is 1. The first-order chi connectivity index (χ1) is 12.6. The maximum Gasteiger partial charge on any atom is 0.269 e. The van der Waals surface area contributed by atoms with Crippen LogP contribution in [0.15, 0.2) is 48.5 Å². The molecular weight excluding hydrogens is 328 g/mol. The van der Waals surface area contributed by atoms with Gasteiger partial charge in [0.25, 0.3) is 5.69 Å². The van der Waals surface area contributed by atoms with Crippen molar-refractivity contribution in [1.82, 2.24) is 0 Å². The Hall–Kier alpha value is -2.69. The summed E-state index contributed by atoms with van der Waals surface area (Å²) in [6, 6.07) is 15.1. The minimum atomic E-state index is -0.417. The van der Waals surface area contributed by atoms with E-state index in [4.69, 9.17) is 0 Å². The van der Waals surface area contributed by atoms with E-state index in [2.05, 4.69) is 29.6 Å². The molecule has 0 saturated heterocycles. The van der Waals surface area contributed by atoms with E-state index in [0.29, 0.717) is 23.4 Å². The molecular formula is C21H22N2O3. The van der Waals surface area contributed by atoms with Crippen LogP contribution in [0.3, 0.4) is 0 Å². The summed E-state index contributed by atoms with van der Waals surface area (Å²) >= 11 is 0. The number of carbonyl (C=O) groups excluding carboxylic acids is 1. The van der Waals surface area contributed by atoms with Gasteiger partial charge in [-0.2, -0.15) is 0 Å². The molecule has 2 aromatic rings. The first-order valence-electron chi connectivity index (χ1n) is 9.17. The molecule has 2 aliphatic rings. The molecule has 134 valence electrons. The lowest BCUT2D eigenvalue weighted by Crippen LogP contribution is -2.53. The topological polar surface area (TPSA) is 72.2 Å². The Kier molecular flexibility index (Phi) is 4.23. The average Bonchev–Trinajstić information content (AvgIpc) is 2.64. The predicted molar refractivity (Wildman–Crippen MR) is 100.0 cm³/mol. The third-order valence-corrected chi connectivity index (χ3v) is 6.09. The number of hydrogen-bond donors (Lipinski definition) is 1. The Morgan fingerprint density at radius 1 is 1.12 bits per heavy atom. The number of rotatable bonds is 4. The van der Waals surface area contributed by atoms with Crippen LogP contribution in [0.25, 0.3) is 0 Å². The lowest BCUT2D eigenvalue weighted by molar-refractivity contribution is -0.384. The van der Waals surface area contributed by atoms with Crippen molar-refractivity contribution in [3.05, 3.63) is 69.8 Å². The Labute approximate surface area is 152 Å². The van der Waals surface area contributed by atoms with Crippen molar-refractivity contribution < 1.29 is 9.72 Å². The van der Waals surface area contributed by atoms with Crippen molar-refractivity contribution in [2.75, 3.05) is 5.32 Å². The Bertz CT molecular complexity index is 838. The summed E-state index contributed by atoms with van der Waals surface area (Å²) in [7, 11) is 0. The monoisotopic (exact) mass is 350 g/mol. The molecule has 1 N–H and O–H groups in total. The van der Waals surface area contributed by atoms with Gasteiger partial charge in [0.2, 0.25) is 5.91 Å². The van der Waals surface area contributed by atoms with E-state index in [1.807, 2.05) is 6.07 Å². The van der Waals surface area contributed by atoms with Gasteiger partial charge in [0.15, 0.2) is 0 Å². The highest BCUT2D eigenvalue weighted by molar-refractivity contribution is 5.94. The quantitative estimate of drug-likeness (QED) is 0.643. The molecule has 0 heterocycles. The van der Waals surface area contributed by atoms with Crippen LogP contribution in [0.4, 0.5) is 11.4 Å². The number of nitro groups is 1. The molecule has 0 aromatic heterocycles. The Morgan fingerprint density at radius 3 is 2.42 bits per heavy atom. The van der Waals surface area contributed by atoms with Gasteiger partial charge in [0.05, 0.1) is 4.92 Å². The minimum absolute atomic E-state index is 0.0450. The van der Waals surface area contributed by atoms with Gasteiger partial charge >= 0.3 is 0 Å². The fraction of sp³-hybridized carbons (Fsp3) is 0.381. The fourth-order valence-electron chi connectivity index (χ4n) is 4.92. The van der Waals surface area contributed by atoms with Gasteiger partial charge < -0.3 is 5.32 Å². The molecule has 2 atom stereocenters. The summed E-state index contributed by atoms with van der Waals surface area (Å²) in [5.41, 5.74) is 2.78. The zero-order valence-electron chi connectivity index (χ0n) is 14.7. The van der Waals surface area contributed by atoms with Crippen molar-refractivity contribution in [2.24, 2.45) is 17.8 Å². The highest BCUT2D eigenvalue weighted by Gasteiger charge is 2.55. The number of nitrogens with zero attached hydrogens (tertiary/aromatic N) is 1. The Morgan fingerprint density at radius 2 is 1.81 bits per heavy atom.